The van der Waals surface area contributed by atoms with Gasteiger partial charge in [-0.2, -0.15) is 0 Å². The SMILES string of the molecule is CCOc1cncc(C(O)(CC)C(C)C)c1. The van der Waals surface area contributed by atoms with Crippen molar-refractivity contribution in [2.45, 2.75) is 39.7 Å². The summed E-state index contributed by atoms with van der Waals surface area (Å²) in [6.07, 6.45) is 4.05. The van der Waals surface area contributed by atoms with Crippen LogP contribution in [-0.2, 0) is 5.60 Å². The fourth-order valence-corrected chi connectivity index (χ4v) is 1.85. The van der Waals surface area contributed by atoms with Crippen LogP contribution in [0.4, 0.5) is 0 Å². The maximum absolute atomic E-state index is 10.6. The van der Waals surface area contributed by atoms with E-state index in [9.17, 15) is 5.11 Å². The Hall–Kier alpha value is -1.09. The lowest BCUT2D eigenvalue weighted by Gasteiger charge is -2.31. The van der Waals surface area contributed by atoms with Gasteiger partial charge in [0.05, 0.1) is 18.4 Å². The number of aromatic nitrogens is 1. The maximum Gasteiger partial charge on any atom is 0.137 e. The van der Waals surface area contributed by atoms with Crippen molar-refractivity contribution in [3.8, 4) is 5.75 Å². The minimum absolute atomic E-state index is 0.149. The fourth-order valence-electron chi connectivity index (χ4n) is 1.85. The van der Waals surface area contributed by atoms with Crippen molar-refractivity contribution in [3.05, 3.63) is 24.0 Å². The molecule has 0 aromatic carbocycles. The van der Waals surface area contributed by atoms with E-state index >= 15 is 0 Å². The molecular weight excluding hydrogens is 202 g/mol. The molecule has 16 heavy (non-hydrogen) atoms. The van der Waals surface area contributed by atoms with E-state index in [1.165, 1.54) is 0 Å². The van der Waals surface area contributed by atoms with Crippen molar-refractivity contribution in [2.75, 3.05) is 6.61 Å². The Morgan fingerprint density at radius 1 is 1.38 bits per heavy atom. The lowest BCUT2D eigenvalue weighted by molar-refractivity contribution is -0.0145. The smallest absolute Gasteiger partial charge is 0.137 e. The average Bonchev–Trinajstić information content (AvgIpc) is 2.28. The van der Waals surface area contributed by atoms with Crippen LogP contribution in [0.1, 0.15) is 39.7 Å². The molecule has 1 unspecified atom stereocenters. The summed E-state index contributed by atoms with van der Waals surface area (Å²) in [6, 6.07) is 1.88. The second-order valence-electron chi connectivity index (χ2n) is 4.27. The molecule has 0 saturated heterocycles. The highest BCUT2D eigenvalue weighted by atomic mass is 16.5. The van der Waals surface area contributed by atoms with Crippen molar-refractivity contribution in [1.29, 1.82) is 0 Å². The molecule has 3 nitrogen and oxygen atoms in total. The van der Waals surface area contributed by atoms with E-state index in [0.29, 0.717) is 18.8 Å². The van der Waals surface area contributed by atoms with Crippen LogP contribution in [0.15, 0.2) is 18.5 Å². The van der Waals surface area contributed by atoms with Crippen LogP contribution >= 0.6 is 0 Å². The molecule has 0 fully saturated rings. The first-order valence-corrected chi connectivity index (χ1v) is 5.85. The van der Waals surface area contributed by atoms with Gasteiger partial charge in [-0.15, -0.1) is 0 Å². The van der Waals surface area contributed by atoms with Gasteiger partial charge >= 0.3 is 0 Å². The van der Waals surface area contributed by atoms with Crippen molar-refractivity contribution in [1.82, 2.24) is 4.98 Å². The van der Waals surface area contributed by atoms with Crippen molar-refractivity contribution >= 4 is 0 Å². The van der Waals surface area contributed by atoms with Gasteiger partial charge in [0.15, 0.2) is 0 Å². The Balaban J connectivity index is 3.06. The second-order valence-corrected chi connectivity index (χ2v) is 4.27. The molecule has 90 valence electrons. The van der Waals surface area contributed by atoms with Crippen LogP contribution < -0.4 is 4.74 Å². The first-order chi connectivity index (χ1) is 7.54. The van der Waals surface area contributed by atoms with Crippen LogP contribution in [0.2, 0.25) is 0 Å². The molecule has 3 heteroatoms. The molecule has 0 spiro atoms. The largest absolute Gasteiger partial charge is 0.492 e. The molecule has 1 heterocycles. The number of pyridine rings is 1. The van der Waals surface area contributed by atoms with Crippen molar-refractivity contribution in [3.63, 3.8) is 0 Å². The summed E-state index contributed by atoms with van der Waals surface area (Å²) in [6.45, 7) is 8.54. The van der Waals surface area contributed by atoms with E-state index in [1.54, 1.807) is 12.4 Å². The lowest BCUT2D eigenvalue weighted by atomic mass is 9.82. The molecular formula is C13H21NO2. The van der Waals surface area contributed by atoms with Gasteiger partial charge in [-0.25, -0.2) is 0 Å². The van der Waals surface area contributed by atoms with Gasteiger partial charge in [-0.1, -0.05) is 20.8 Å². The van der Waals surface area contributed by atoms with E-state index in [2.05, 4.69) is 4.98 Å². The minimum atomic E-state index is -0.819. The van der Waals surface area contributed by atoms with Crippen molar-refractivity contribution < 1.29 is 9.84 Å². The van der Waals surface area contributed by atoms with E-state index < -0.39 is 5.60 Å². The van der Waals surface area contributed by atoms with Gasteiger partial charge < -0.3 is 9.84 Å². The third kappa shape index (κ3) is 2.53. The maximum atomic E-state index is 10.6. The molecule has 0 saturated carbocycles. The van der Waals surface area contributed by atoms with Gasteiger partial charge in [0.25, 0.3) is 0 Å². The number of ether oxygens (including phenoxy) is 1. The van der Waals surface area contributed by atoms with Gasteiger partial charge in [0.2, 0.25) is 0 Å². The molecule has 0 aliphatic heterocycles. The monoisotopic (exact) mass is 223 g/mol. The zero-order chi connectivity index (χ0) is 12.2. The third-order valence-electron chi connectivity index (χ3n) is 3.02. The van der Waals surface area contributed by atoms with Crippen LogP contribution in [0, 0.1) is 5.92 Å². The molecule has 1 atom stereocenters. The summed E-state index contributed by atoms with van der Waals surface area (Å²) >= 11 is 0. The second kappa shape index (κ2) is 5.30. The Morgan fingerprint density at radius 3 is 2.56 bits per heavy atom. The Morgan fingerprint density at radius 2 is 2.06 bits per heavy atom. The van der Waals surface area contributed by atoms with E-state index in [0.717, 1.165) is 5.56 Å². The average molecular weight is 223 g/mol. The number of hydrogen-bond acceptors (Lipinski definition) is 3. The van der Waals surface area contributed by atoms with Crippen LogP contribution in [-0.4, -0.2) is 16.7 Å². The summed E-state index contributed by atoms with van der Waals surface area (Å²) in [7, 11) is 0. The molecule has 1 rings (SSSR count). The van der Waals surface area contributed by atoms with Gasteiger partial charge in [0.1, 0.15) is 5.75 Å². The number of hydrogen-bond donors (Lipinski definition) is 1. The van der Waals surface area contributed by atoms with E-state index in [1.807, 2.05) is 33.8 Å². The summed E-state index contributed by atoms with van der Waals surface area (Å²) in [4.78, 5) is 4.11. The minimum Gasteiger partial charge on any atom is -0.492 e. The number of aliphatic hydroxyl groups is 1. The summed E-state index contributed by atoms with van der Waals surface area (Å²) in [5, 5.41) is 10.6. The summed E-state index contributed by atoms with van der Waals surface area (Å²) in [5.41, 5.74) is 0.0102. The molecule has 0 bridgehead atoms. The van der Waals surface area contributed by atoms with Crippen LogP contribution in [0.25, 0.3) is 0 Å². The fraction of sp³-hybridized carbons (Fsp3) is 0.615. The molecule has 0 amide bonds. The highest BCUT2D eigenvalue weighted by molar-refractivity contribution is 5.28. The normalized spacial score (nSPS) is 14.9. The Labute approximate surface area is 97.5 Å². The highest BCUT2D eigenvalue weighted by Crippen LogP contribution is 2.33. The predicted octanol–water partition coefficient (Wildman–Crippen LogP) is 2.73. The first kappa shape index (κ1) is 13.0. The number of rotatable bonds is 5. The highest BCUT2D eigenvalue weighted by Gasteiger charge is 2.31. The molecule has 0 aliphatic rings. The Kier molecular flexibility index (Phi) is 4.30. The van der Waals surface area contributed by atoms with Crippen LogP contribution in [0.5, 0.6) is 5.75 Å². The third-order valence-corrected chi connectivity index (χ3v) is 3.02. The molecule has 0 aliphatic carbocycles. The topological polar surface area (TPSA) is 42.4 Å². The van der Waals surface area contributed by atoms with E-state index in [-0.39, 0.29) is 5.92 Å². The summed E-state index contributed by atoms with van der Waals surface area (Å²) < 4.78 is 5.39. The van der Waals surface area contributed by atoms with Gasteiger partial charge in [0, 0.05) is 11.8 Å². The molecule has 1 aromatic heterocycles. The molecule has 0 radical (unpaired) electrons. The van der Waals surface area contributed by atoms with Gasteiger partial charge in [-0.05, 0) is 25.3 Å². The molecule has 1 N–H and O–H groups in total. The number of nitrogens with zero attached hydrogens (tertiary/aromatic N) is 1. The first-order valence-electron chi connectivity index (χ1n) is 5.85. The quantitative estimate of drug-likeness (QED) is 0.834. The van der Waals surface area contributed by atoms with Crippen molar-refractivity contribution in [2.24, 2.45) is 5.92 Å². The predicted molar refractivity (Wildman–Crippen MR) is 64.4 cm³/mol. The molecule has 1 aromatic rings. The van der Waals surface area contributed by atoms with Gasteiger partial charge in [-0.3, -0.25) is 4.98 Å². The Bertz CT molecular complexity index is 338. The summed E-state index contributed by atoms with van der Waals surface area (Å²) in [5.74, 6) is 0.865. The van der Waals surface area contributed by atoms with E-state index in [4.69, 9.17) is 4.74 Å². The zero-order valence-electron chi connectivity index (χ0n) is 10.5. The lowest BCUT2D eigenvalue weighted by Crippen LogP contribution is -2.31. The van der Waals surface area contributed by atoms with Crippen LogP contribution in [0.3, 0.4) is 0 Å². The zero-order valence-corrected chi connectivity index (χ0v) is 10.5. The standard InChI is InChI=1S/C13H21NO2/c1-5-13(15,10(3)4)11-7-12(16-6-2)9-14-8-11/h7-10,15H,5-6H2,1-4H3.